The van der Waals surface area contributed by atoms with Gasteiger partial charge in [0, 0.05) is 25.2 Å². The Morgan fingerprint density at radius 3 is 2.57 bits per heavy atom. The lowest BCUT2D eigenvalue weighted by Crippen LogP contribution is -2.57. The summed E-state index contributed by atoms with van der Waals surface area (Å²) >= 11 is 0. The predicted octanol–water partition coefficient (Wildman–Crippen LogP) is -0.621. The Hall–Kier alpha value is -3.99. The van der Waals surface area contributed by atoms with Gasteiger partial charge in [0.15, 0.2) is 0 Å². The van der Waals surface area contributed by atoms with Crippen LogP contribution in [0.2, 0.25) is 0 Å². The summed E-state index contributed by atoms with van der Waals surface area (Å²) in [5.41, 5.74) is 0.361. The van der Waals surface area contributed by atoms with Crippen LogP contribution in [0, 0.1) is 0 Å². The molecular weight excluding hydrogens is 456 g/mol. The summed E-state index contributed by atoms with van der Waals surface area (Å²) in [6.45, 7) is 0.158. The quantitative estimate of drug-likeness (QED) is 0.367. The molecule has 2 aromatic rings. The Kier molecular flexibility index (Phi) is 7.25. The van der Waals surface area contributed by atoms with E-state index in [9.17, 15) is 29.1 Å². The molecule has 11 nitrogen and oxygen atoms in total. The van der Waals surface area contributed by atoms with Crippen LogP contribution in [0.1, 0.15) is 23.2 Å². The number of carbonyl (C=O) groups is 5. The third-order valence-electron chi connectivity index (χ3n) is 6.03. The number of hydrogen-bond donors (Lipinski definition) is 3. The van der Waals surface area contributed by atoms with Crippen LogP contribution in [0.15, 0.2) is 42.5 Å². The maximum Gasteiger partial charge on any atom is 0.310 e. The van der Waals surface area contributed by atoms with Crippen molar-refractivity contribution in [3.63, 3.8) is 0 Å². The van der Waals surface area contributed by atoms with Gasteiger partial charge in [-0.05, 0) is 29.3 Å². The number of rotatable bonds is 6. The van der Waals surface area contributed by atoms with E-state index in [4.69, 9.17) is 0 Å². The third-order valence-corrected chi connectivity index (χ3v) is 6.03. The Labute approximate surface area is 201 Å². The molecular formula is C24H26N4O7. The minimum atomic E-state index is -1.44. The smallest absolute Gasteiger partial charge is 0.310 e. The normalized spacial score (nSPS) is 22.8. The zero-order valence-corrected chi connectivity index (χ0v) is 18.9. The molecule has 184 valence electrons. The molecule has 4 amide bonds. The van der Waals surface area contributed by atoms with Gasteiger partial charge in [-0.2, -0.15) is 0 Å². The van der Waals surface area contributed by atoms with Crippen LogP contribution in [-0.2, 0) is 23.9 Å². The maximum absolute atomic E-state index is 13.3. The average molecular weight is 482 g/mol. The van der Waals surface area contributed by atoms with E-state index in [-0.39, 0.29) is 26.1 Å². The molecule has 2 saturated heterocycles. The van der Waals surface area contributed by atoms with Crippen molar-refractivity contribution in [2.24, 2.45) is 0 Å². The first-order valence-corrected chi connectivity index (χ1v) is 11.3. The number of esters is 1. The van der Waals surface area contributed by atoms with Gasteiger partial charge in [-0.15, -0.1) is 0 Å². The maximum atomic E-state index is 13.3. The molecule has 11 heteroatoms. The molecule has 2 aromatic carbocycles. The predicted molar refractivity (Wildman–Crippen MR) is 123 cm³/mol. The number of amides is 4. The molecule has 2 aliphatic rings. The van der Waals surface area contributed by atoms with Crippen LogP contribution in [0.25, 0.3) is 10.8 Å². The molecule has 0 aromatic heterocycles. The molecule has 3 N–H and O–H groups in total. The van der Waals surface area contributed by atoms with Gasteiger partial charge in [-0.3, -0.25) is 24.0 Å². The second-order valence-corrected chi connectivity index (χ2v) is 8.56. The lowest BCUT2D eigenvalue weighted by molar-refractivity contribution is -0.155. The van der Waals surface area contributed by atoms with Gasteiger partial charge in [-0.25, -0.2) is 0 Å². The van der Waals surface area contributed by atoms with Crippen LogP contribution < -0.4 is 10.6 Å². The summed E-state index contributed by atoms with van der Waals surface area (Å²) in [5, 5.41) is 16.7. The number of fused-ring (bicyclic) bond motifs is 1. The number of cyclic esters (lactones) is 1. The van der Waals surface area contributed by atoms with Crippen molar-refractivity contribution in [3.05, 3.63) is 48.0 Å². The van der Waals surface area contributed by atoms with Gasteiger partial charge < -0.3 is 30.3 Å². The zero-order valence-electron chi connectivity index (χ0n) is 18.9. The molecule has 35 heavy (non-hydrogen) atoms. The largest absolute Gasteiger partial charge is 0.434 e. The number of benzene rings is 2. The number of carbonyl (C=O) groups excluding carboxylic acids is 5. The Morgan fingerprint density at radius 2 is 1.86 bits per heavy atom. The molecule has 2 fully saturated rings. The Balaban J connectivity index is 1.46. The molecule has 3 atom stereocenters. The van der Waals surface area contributed by atoms with Crippen LogP contribution >= 0.6 is 0 Å². The molecule has 0 aliphatic carbocycles. The lowest BCUT2D eigenvalue weighted by atomic mass is 10.1. The topological polar surface area (TPSA) is 145 Å². The van der Waals surface area contributed by atoms with Gasteiger partial charge in [0.25, 0.3) is 5.91 Å². The fourth-order valence-corrected chi connectivity index (χ4v) is 4.22. The molecule has 4 rings (SSSR count). The van der Waals surface area contributed by atoms with Gasteiger partial charge in [-0.1, -0.05) is 30.3 Å². The summed E-state index contributed by atoms with van der Waals surface area (Å²) in [7, 11) is 0. The summed E-state index contributed by atoms with van der Waals surface area (Å²) in [6, 6.07) is 10.8. The van der Waals surface area contributed by atoms with Crippen LogP contribution in [0.3, 0.4) is 0 Å². The third kappa shape index (κ3) is 5.75. The van der Waals surface area contributed by atoms with Crippen LogP contribution in [-0.4, -0.2) is 89.6 Å². The molecule has 2 heterocycles. The van der Waals surface area contributed by atoms with Crippen LogP contribution in [0.5, 0.6) is 0 Å². The first kappa shape index (κ1) is 24.1. The van der Waals surface area contributed by atoms with Crippen molar-refractivity contribution < 1.29 is 33.8 Å². The fraction of sp³-hybridized carbons (Fsp3) is 0.375. The van der Waals surface area contributed by atoms with E-state index < -0.39 is 42.1 Å². The van der Waals surface area contributed by atoms with E-state index >= 15 is 0 Å². The van der Waals surface area contributed by atoms with E-state index in [1.54, 1.807) is 12.1 Å². The van der Waals surface area contributed by atoms with Gasteiger partial charge in [0.05, 0.1) is 13.0 Å². The highest BCUT2D eigenvalue weighted by molar-refractivity contribution is 6.01. The number of aliphatic hydroxyl groups excluding tert-OH is 1. The van der Waals surface area contributed by atoms with E-state index in [1.165, 1.54) is 9.80 Å². The average Bonchev–Trinajstić information content (AvgIpc) is 3.16. The molecule has 0 spiro atoms. The Morgan fingerprint density at radius 1 is 1.09 bits per heavy atom. The number of aliphatic hydroxyl groups is 1. The summed E-state index contributed by atoms with van der Waals surface area (Å²) in [4.78, 5) is 64.2. The van der Waals surface area contributed by atoms with E-state index in [0.717, 1.165) is 10.8 Å². The SMILES string of the molecule is O=CN1CCCN(CC(=O)N[C@H]2CC(=O)OC2O)C(=O)[C@@H](NC(=O)c2ccc3ccccc3c2)C1. The first-order chi connectivity index (χ1) is 16.8. The van der Waals surface area contributed by atoms with Crippen LogP contribution in [0.4, 0.5) is 0 Å². The molecule has 0 bridgehead atoms. The highest BCUT2D eigenvalue weighted by Gasteiger charge is 2.36. The van der Waals surface area contributed by atoms with Gasteiger partial charge >= 0.3 is 5.97 Å². The zero-order chi connectivity index (χ0) is 24.9. The van der Waals surface area contributed by atoms with Crippen molar-refractivity contribution in [1.29, 1.82) is 0 Å². The van der Waals surface area contributed by atoms with Crippen molar-refractivity contribution in [2.45, 2.75) is 31.2 Å². The number of nitrogens with zero attached hydrogens (tertiary/aromatic N) is 2. The minimum Gasteiger partial charge on any atom is -0.434 e. The first-order valence-electron chi connectivity index (χ1n) is 11.3. The standard InChI is InChI=1S/C24H26N4O7/c29-14-27-8-3-9-28(13-20(30)25-18-11-21(31)35-24(18)34)23(33)19(12-27)26-22(32)17-7-6-15-4-1-2-5-16(15)10-17/h1-2,4-7,10,14,18-19,24,34H,3,8-9,11-13H2,(H,25,30)(H,26,32)/t18-,19-,24?/m0/s1. The van der Waals surface area contributed by atoms with Crippen molar-refractivity contribution in [2.75, 3.05) is 26.2 Å². The number of nitrogens with one attached hydrogen (secondary N) is 2. The van der Waals surface area contributed by atoms with Gasteiger partial charge in [0.1, 0.15) is 12.1 Å². The summed E-state index contributed by atoms with van der Waals surface area (Å²) in [6.07, 6.45) is -0.538. The highest BCUT2D eigenvalue weighted by Crippen LogP contribution is 2.16. The molecule has 1 unspecified atom stereocenters. The number of ether oxygens (including phenoxy) is 1. The van der Waals surface area contributed by atoms with E-state index in [0.29, 0.717) is 24.9 Å². The Bertz CT molecular complexity index is 1150. The monoisotopic (exact) mass is 482 g/mol. The van der Waals surface area contributed by atoms with E-state index in [1.807, 2.05) is 30.3 Å². The van der Waals surface area contributed by atoms with Crippen molar-refractivity contribution >= 4 is 40.9 Å². The minimum absolute atomic E-state index is 0.0382. The summed E-state index contributed by atoms with van der Waals surface area (Å²) < 4.78 is 4.61. The fourth-order valence-electron chi connectivity index (χ4n) is 4.22. The highest BCUT2D eigenvalue weighted by atomic mass is 16.6. The number of hydrogen-bond acceptors (Lipinski definition) is 7. The van der Waals surface area contributed by atoms with E-state index in [2.05, 4.69) is 15.4 Å². The lowest BCUT2D eigenvalue weighted by Gasteiger charge is -2.33. The molecule has 2 aliphatic heterocycles. The van der Waals surface area contributed by atoms with Crippen molar-refractivity contribution in [3.8, 4) is 0 Å². The molecule has 0 saturated carbocycles. The van der Waals surface area contributed by atoms with Gasteiger partial charge in [0.2, 0.25) is 24.5 Å². The summed E-state index contributed by atoms with van der Waals surface area (Å²) in [5.74, 6) is -2.20. The second-order valence-electron chi connectivity index (χ2n) is 8.56. The molecule has 0 radical (unpaired) electrons. The second kappa shape index (κ2) is 10.5. The van der Waals surface area contributed by atoms with Crippen molar-refractivity contribution in [1.82, 2.24) is 20.4 Å².